The van der Waals surface area contributed by atoms with Crippen LogP contribution in [0.3, 0.4) is 0 Å². The van der Waals surface area contributed by atoms with E-state index in [1.807, 2.05) is 12.1 Å². The zero-order valence-electron chi connectivity index (χ0n) is 12.1. The summed E-state index contributed by atoms with van der Waals surface area (Å²) in [4.78, 5) is 0. The van der Waals surface area contributed by atoms with Crippen LogP contribution < -0.4 is 5.32 Å². The van der Waals surface area contributed by atoms with E-state index in [-0.39, 0.29) is 0 Å². The van der Waals surface area contributed by atoms with Gasteiger partial charge in [0, 0.05) is 22.1 Å². The van der Waals surface area contributed by atoms with Crippen molar-refractivity contribution in [1.82, 2.24) is 5.32 Å². The molecule has 0 heterocycles. The smallest absolute Gasteiger partial charge is 0.0406 e. The first-order valence-corrected chi connectivity index (χ1v) is 8.55. The van der Waals surface area contributed by atoms with Crippen molar-refractivity contribution in [1.29, 1.82) is 0 Å². The van der Waals surface area contributed by atoms with Gasteiger partial charge in [0.15, 0.2) is 0 Å². The van der Waals surface area contributed by atoms with Gasteiger partial charge in [0.05, 0.1) is 0 Å². The van der Waals surface area contributed by atoms with E-state index in [0.717, 1.165) is 22.6 Å². The minimum absolute atomic E-state index is 0.424. The number of thioether (sulfide) groups is 1. The van der Waals surface area contributed by atoms with Crippen molar-refractivity contribution in [2.75, 3.05) is 6.54 Å². The molecule has 2 rings (SSSR count). The fourth-order valence-electron chi connectivity index (χ4n) is 2.93. The van der Waals surface area contributed by atoms with Gasteiger partial charge in [-0.2, -0.15) is 11.8 Å². The number of benzene rings is 1. The zero-order valence-corrected chi connectivity index (χ0v) is 13.7. The highest BCUT2D eigenvalue weighted by Crippen LogP contribution is 2.43. The molecule has 1 saturated carbocycles. The number of halogens is 1. The van der Waals surface area contributed by atoms with Gasteiger partial charge in [0.25, 0.3) is 0 Å². The van der Waals surface area contributed by atoms with Crippen LogP contribution in [0.5, 0.6) is 0 Å². The second-order valence-corrected chi connectivity index (χ2v) is 7.70. The lowest BCUT2D eigenvalue weighted by atomic mass is 9.87. The molecule has 0 amide bonds. The van der Waals surface area contributed by atoms with E-state index in [0.29, 0.717) is 11.5 Å². The quantitative estimate of drug-likeness (QED) is 0.842. The molecule has 106 valence electrons. The molecule has 0 saturated heterocycles. The molecular weight excluding hydrogens is 274 g/mol. The van der Waals surface area contributed by atoms with Crippen LogP contribution in [-0.4, -0.2) is 17.8 Å². The van der Waals surface area contributed by atoms with Gasteiger partial charge in [0.1, 0.15) is 0 Å². The van der Waals surface area contributed by atoms with Crippen LogP contribution in [0.2, 0.25) is 5.02 Å². The third-order valence-electron chi connectivity index (χ3n) is 4.09. The fourth-order valence-corrected chi connectivity index (χ4v) is 4.60. The first kappa shape index (κ1) is 15.2. The summed E-state index contributed by atoms with van der Waals surface area (Å²) in [5.41, 5.74) is 1.79. The molecule has 1 aliphatic rings. The Morgan fingerprint density at radius 3 is 2.63 bits per heavy atom. The Kier molecular flexibility index (Phi) is 5.22. The van der Waals surface area contributed by atoms with Crippen LogP contribution >= 0.6 is 23.4 Å². The van der Waals surface area contributed by atoms with Crippen LogP contribution in [0.25, 0.3) is 0 Å². The number of rotatable bonds is 5. The van der Waals surface area contributed by atoms with Gasteiger partial charge in [-0.3, -0.25) is 0 Å². The van der Waals surface area contributed by atoms with E-state index in [4.69, 9.17) is 11.6 Å². The largest absolute Gasteiger partial charge is 0.313 e. The Hall–Kier alpha value is -0.180. The zero-order chi connectivity index (χ0) is 13.9. The van der Waals surface area contributed by atoms with E-state index < -0.39 is 0 Å². The van der Waals surface area contributed by atoms with Crippen molar-refractivity contribution < 1.29 is 0 Å². The van der Waals surface area contributed by atoms with Gasteiger partial charge in [-0.15, -0.1) is 0 Å². The normalized spacial score (nSPS) is 25.7. The Labute approximate surface area is 126 Å². The molecule has 2 unspecified atom stereocenters. The van der Waals surface area contributed by atoms with Crippen molar-refractivity contribution in [3.05, 3.63) is 34.9 Å². The lowest BCUT2D eigenvalue weighted by molar-refractivity contribution is 0.290. The summed E-state index contributed by atoms with van der Waals surface area (Å²) in [6, 6.07) is 8.88. The molecule has 2 atom stereocenters. The van der Waals surface area contributed by atoms with Crippen LogP contribution in [0.15, 0.2) is 24.3 Å². The van der Waals surface area contributed by atoms with Gasteiger partial charge in [0.2, 0.25) is 0 Å². The lowest BCUT2D eigenvalue weighted by Gasteiger charge is -2.31. The molecule has 1 aliphatic carbocycles. The maximum absolute atomic E-state index is 5.92. The molecule has 19 heavy (non-hydrogen) atoms. The minimum atomic E-state index is 0.424. The molecular formula is C16H24ClNS. The van der Waals surface area contributed by atoms with Crippen LogP contribution in [0, 0.1) is 5.41 Å². The topological polar surface area (TPSA) is 12.0 Å². The summed E-state index contributed by atoms with van der Waals surface area (Å²) in [5.74, 6) is 1.08. The summed E-state index contributed by atoms with van der Waals surface area (Å²) >= 11 is 8.01. The third kappa shape index (κ3) is 3.90. The second kappa shape index (κ2) is 6.51. The molecule has 0 radical (unpaired) electrons. The first-order chi connectivity index (χ1) is 9.03. The number of hydrogen-bond acceptors (Lipinski definition) is 2. The monoisotopic (exact) mass is 297 g/mol. The number of nitrogens with one attached hydrogen (secondary N) is 1. The summed E-state index contributed by atoms with van der Waals surface area (Å²) in [6.07, 6.45) is 2.64. The second-order valence-electron chi connectivity index (χ2n) is 6.04. The van der Waals surface area contributed by atoms with Crippen molar-refractivity contribution in [2.24, 2.45) is 5.41 Å². The highest BCUT2D eigenvalue weighted by molar-refractivity contribution is 7.99. The standard InChI is InChI=1S/C16H24ClNS/c1-4-18-15-14(9-10-16(15,2)3)19-11-12-5-7-13(17)8-6-12/h5-8,14-15,18H,4,9-11H2,1-3H3. The van der Waals surface area contributed by atoms with E-state index in [1.54, 1.807) is 0 Å². The SMILES string of the molecule is CCNC1C(SCc2ccc(Cl)cc2)CCC1(C)C. The van der Waals surface area contributed by atoms with E-state index in [2.05, 4.69) is 50.0 Å². The van der Waals surface area contributed by atoms with Crippen molar-refractivity contribution in [3.63, 3.8) is 0 Å². The van der Waals surface area contributed by atoms with Crippen molar-refractivity contribution in [3.8, 4) is 0 Å². The molecule has 1 aromatic carbocycles. The Morgan fingerprint density at radius 1 is 1.32 bits per heavy atom. The molecule has 1 fully saturated rings. The summed E-state index contributed by atoms with van der Waals surface area (Å²) in [6.45, 7) is 8.05. The van der Waals surface area contributed by atoms with E-state index >= 15 is 0 Å². The number of hydrogen-bond donors (Lipinski definition) is 1. The van der Waals surface area contributed by atoms with Gasteiger partial charge in [-0.1, -0.05) is 44.5 Å². The average Bonchev–Trinajstić information content (AvgIpc) is 2.66. The molecule has 1 N–H and O–H groups in total. The fraction of sp³-hybridized carbons (Fsp3) is 0.625. The van der Waals surface area contributed by atoms with Crippen molar-refractivity contribution >= 4 is 23.4 Å². The van der Waals surface area contributed by atoms with Gasteiger partial charge < -0.3 is 5.32 Å². The van der Waals surface area contributed by atoms with E-state index in [9.17, 15) is 0 Å². The highest BCUT2D eigenvalue weighted by atomic mass is 35.5. The molecule has 0 aromatic heterocycles. The summed E-state index contributed by atoms with van der Waals surface area (Å²) in [7, 11) is 0. The summed E-state index contributed by atoms with van der Waals surface area (Å²) < 4.78 is 0. The first-order valence-electron chi connectivity index (χ1n) is 7.12. The molecule has 1 nitrogen and oxygen atoms in total. The van der Waals surface area contributed by atoms with Gasteiger partial charge in [-0.05, 0) is 42.5 Å². The Bertz CT molecular complexity index is 402. The molecule has 0 aliphatic heterocycles. The molecule has 0 bridgehead atoms. The molecule has 3 heteroatoms. The van der Waals surface area contributed by atoms with Gasteiger partial charge in [-0.25, -0.2) is 0 Å². The Balaban J connectivity index is 1.93. The van der Waals surface area contributed by atoms with Crippen LogP contribution in [0.1, 0.15) is 39.2 Å². The predicted octanol–water partition coefficient (Wildman–Crippen LogP) is 4.74. The van der Waals surface area contributed by atoms with E-state index in [1.165, 1.54) is 18.4 Å². The minimum Gasteiger partial charge on any atom is -0.313 e. The maximum Gasteiger partial charge on any atom is 0.0406 e. The Morgan fingerprint density at radius 2 is 2.00 bits per heavy atom. The lowest BCUT2D eigenvalue weighted by Crippen LogP contribution is -2.43. The highest BCUT2D eigenvalue weighted by Gasteiger charge is 2.41. The maximum atomic E-state index is 5.92. The summed E-state index contributed by atoms with van der Waals surface area (Å²) in [5, 5.41) is 5.24. The van der Waals surface area contributed by atoms with Crippen molar-refractivity contribution in [2.45, 2.75) is 50.7 Å². The average molecular weight is 298 g/mol. The molecule has 1 aromatic rings. The predicted molar refractivity (Wildman–Crippen MR) is 87.0 cm³/mol. The van der Waals surface area contributed by atoms with Crippen LogP contribution in [-0.2, 0) is 5.75 Å². The third-order valence-corrected chi connectivity index (χ3v) is 5.78. The molecule has 0 spiro atoms. The van der Waals surface area contributed by atoms with Crippen LogP contribution in [0.4, 0.5) is 0 Å². The van der Waals surface area contributed by atoms with Gasteiger partial charge >= 0.3 is 0 Å².